The number of esters is 1. The number of rotatable bonds is 19. The third kappa shape index (κ3) is 9.66. The zero-order chi connectivity index (χ0) is 31.3. The quantitative estimate of drug-likeness (QED) is 0.146. The number of hydrogen-bond donors (Lipinski definition) is 2. The molecule has 42 heavy (non-hydrogen) atoms. The third-order valence-corrected chi connectivity index (χ3v) is 7.89. The molecule has 0 amide bonds. The molecule has 0 aliphatic rings. The zero-order valence-corrected chi connectivity index (χ0v) is 26.4. The first kappa shape index (κ1) is 35.0. The third-order valence-electron chi connectivity index (χ3n) is 7.89. The number of carbonyl (C=O) groups is 1. The van der Waals surface area contributed by atoms with Crippen LogP contribution < -0.4 is 18.9 Å². The van der Waals surface area contributed by atoms with Gasteiger partial charge >= 0.3 is 5.97 Å². The van der Waals surface area contributed by atoms with Crippen LogP contribution >= 0.6 is 0 Å². The van der Waals surface area contributed by atoms with Gasteiger partial charge in [0.05, 0.1) is 20.3 Å². The highest BCUT2D eigenvalue weighted by Crippen LogP contribution is 2.36. The molecule has 234 valence electrons. The summed E-state index contributed by atoms with van der Waals surface area (Å²) in [7, 11) is 3.17. The van der Waals surface area contributed by atoms with Crippen LogP contribution in [0.25, 0.3) is 0 Å². The summed E-state index contributed by atoms with van der Waals surface area (Å²) in [5, 5.41) is 21.4. The van der Waals surface area contributed by atoms with Crippen molar-refractivity contribution in [1.29, 1.82) is 0 Å². The Morgan fingerprint density at radius 2 is 1.40 bits per heavy atom. The lowest BCUT2D eigenvalue weighted by molar-refractivity contribution is -0.148. The van der Waals surface area contributed by atoms with Crippen LogP contribution in [0.2, 0.25) is 0 Å². The van der Waals surface area contributed by atoms with Gasteiger partial charge in [0.1, 0.15) is 24.9 Å². The second-order valence-electron chi connectivity index (χ2n) is 10.8. The van der Waals surface area contributed by atoms with Crippen LogP contribution in [0.1, 0.15) is 77.8 Å². The molecule has 0 heterocycles. The number of benzene rings is 2. The maximum atomic E-state index is 11.9. The van der Waals surface area contributed by atoms with Crippen LogP contribution in [0, 0.1) is 5.92 Å². The maximum Gasteiger partial charge on any atom is 0.333 e. The van der Waals surface area contributed by atoms with Gasteiger partial charge in [0.25, 0.3) is 0 Å². The van der Waals surface area contributed by atoms with Crippen molar-refractivity contribution in [1.82, 2.24) is 0 Å². The number of ether oxygens (including phenoxy) is 5. The van der Waals surface area contributed by atoms with E-state index in [0.717, 1.165) is 24.0 Å². The highest BCUT2D eigenvalue weighted by atomic mass is 16.6. The van der Waals surface area contributed by atoms with E-state index in [0.29, 0.717) is 54.6 Å². The van der Waals surface area contributed by atoms with Crippen molar-refractivity contribution >= 4 is 5.97 Å². The van der Waals surface area contributed by atoms with Gasteiger partial charge in [0, 0.05) is 5.57 Å². The minimum atomic E-state index is -1.05. The van der Waals surface area contributed by atoms with Gasteiger partial charge < -0.3 is 33.9 Å². The maximum absolute atomic E-state index is 11.9. The Bertz CT molecular complexity index is 1140. The van der Waals surface area contributed by atoms with Crippen molar-refractivity contribution in [2.45, 2.75) is 91.0 Å². The minimum Gasteiger partial charge on any atom is -0.493 e. The SMILES string of the molecule is C=C(C)C(=O)OCC(O)C(CC)(CC)Oc1ccc(Cc2ccc(OCC(O)CC(CC)CC)c(OC)c2)cc1OC. The average molecular weight is 587 g/mol. The minimum absolute atomic E-state index is 0.202. The van der Waals surface area contributed by atoms with Crippen molar-refractivity contribution < 1.29 is 38.7 Å². The Morgan fingerprint density at radius 1 is 0.857 bits per heavy atom. The fourth-order valence-electron chi connectivity index (χ4n) is 4.93. The van der Waals surface area contributed by atoms with Crippen molar-refractivity contribution in [2.75, 3.05) is 27.4 Å². The second kappa shape index (κ2) is 17.0. The molecule has 8 nitrogen and oxygen atoms in total. The van der Waals surface area contributed by atoms with E-state index < -0.39 is 23.8 Å². The van der Waals surface area contributed by atoms with Gasteiger partial charge in [-0.2, -0.15) is 0 Å². The number of carbonyl (C=O) groups excluding carboxylic acids is 1. The van der Waals surface area contributed by atoms with Gasteiger partial charge in [-0.15, -0.1) is 0 Å². The Balaban J connectivity index is 2.16. The summed E-state index contributed by atoms with van der Waals surface area (Å²) < 4.78 is 28.7. The van der Waals surface area contributed by atoms with E-state index in [1.165, 1.54) is 0 Å². The van der Waals surface area contributed by atoms with Gasteiger partial charge in [0.15, 0.2) is 23.0 Å². The van der Waals surface area contributed by atoms with E-state index in [-0.39, 0.29) is 18.8 Å². The summed E-state index contributed by atoms with van der Waals surface area (Å²) in [5.74, 6) is 2.15. The van der Waals surface area contributed by atoms with Crippen molar-refractivity contribution in [3.8, 4) is 23.0 Å². The van der Waals surface area contributed by atoms with E-state index >= 15 is 0 Å². The smallest absolute Gasteiger partial charge is 0.333 e. The molecule has 2 aromatic carbocycles. The Labute approximate surface area is 251 Å². The zero-order valence-electron chi connectivity index (χ0n) is 26.4. The van der Waals surface area contributed by atoms with Gasteiger partial charge in [-0.05, 0) is 73.9 Å². The average Bonchev–Trinajstić information content (AvgIpc) is 3.00. The molecular formula is C34H50O8. The summed E-state index contributed by atoms with van der Waals surface area (Å²) in [6.07, 6.45) is 2.80. The topological polar surface area (TPSA) is 104 Å². The Kier molecular flexibility index (Phi) is 14.2. The molecule has 0 saturated heterocycles. The lowest BCUT2D eigenvalue weighted by Gasteiger charge is -2.37. The highest BCUT2D eigenvalue weighted by Gasteiger charge is 2.38. The fraction of sp³-hybridized carbons (Fsp3) is 0.559. The van der Waals surface area contributed by atoms with Crippen molar-refractivity contribution in [2.24, 2.45) is 5.92 Å². The monoisotopic (exact) mass is 586 g/mol. The Hall–Kier alpha value is -3.23. The van der Waals surface area contributed by atoms with Crippen LogP contribution in [-0.2, 0) is 16.0 Å². The summed E-state index contributed by atoms with van der Waals surface area (Å²) in [6.45, 7) is 13.3. The first-order valence-corrected chi connectivity index (χ1v) is 14.9. The van der Waals surface area contributed by atoms with Crippen LogP contribution in [0.15, 0.2) is 48.6 Å². The molecule has 0 saturated carbocycles. The van der Waals surface area contributed by atoms with Crippen LogP contribution in [0.4, 0.5) is 0 Å². The van der Waals surface area contributed by atoms with E-state index in [4.69, 9.17) is 23.7 Å². The summed E-state index contributed by atoms with van der Waals surface area (Å²) in [4.78, 5) is 11.9. The van der Waals surface area contributed by atoms with E-state index in [1.807, 2.05) is 50.2 Å². The van der Waals surface area contributed by atoms with Crippen LogP contribution in [0.3, 0.4) is 0 Å². The molecular weight excluding hydrogens is 536 g/mol. The normalized spacial score (nSPS) is 12.9. The molecule has 0 aliphatic carbocycles. The molecule has 8 heteroatoms. The van der Waals surface area contributed by atoms with Gasteiger partial charge in [-0.25, -0.2) is 4.79 Å². The number of aliphatic hydroxyl groups is 2. The molecule has 0 aromatic heterocycles. The predicted octanol–water partition coefficient (Wildman–Crippen LogP) is 6.28. The molecule has 0 aliphatic heterocycles. The first-order chi connectivity index (χ1) is 20.1. The largest absolute Gasteiger partial charge is 0.493 e. The molecule has 2 aromatic rings. The van der Waals surface area contributed by atoms with Gasteiger partial charge in [-0.3, -0.25) is 0 Å². The standard InChI is InChI=1S/C34H50O8/c1-9-24(10-2)18-27(35)21-40-28-15-13-25(19-30(28)38-7)17-26-14-16-29(31(20-26)39-8)42-34(11-3,12-4)32(36)22-41-33(37)23(5)6/h13-16,19-20,24,27,32,35-36H,5,9-12,17-18,21-22H2,1-4,6-8H3. The number of methoxy groups -OCH3 is 2. The number of aliphatic hydroxyl groups excluding tert-OH is 2. The molecule has 2 atom stereocenters. The van der Waals surface area contributed by atoms with E-state index in [9.17, 15) is 15.0 Å². The van der Waals surface area contributed by atoms with Crippen LogP contribution in [0.5, 0.6) is 23.0 Å². The predicted molar refractivity (Wildman–Crippen MR) is 165 cm³/mol. The van der Waals surface area contributed by atoms with Gasteiger partial charge in [-0.1, -0.05) is 59.2 Å². The lowest BCUT2D eigenvalue weighted by Crippen LogP contribution is -2.49. The Morgan fingerprint density at radius 3 is 1.90 bits per heavy atom. The second-order valence-corrected chi connectivity index (χ2v) is 10.8. The van der Waals surface area contributed by atoms with E-state index in [2.05, 4.69) is 20.4 Å². The van der Waals surface area contributed by atoms with Gasteiger partial charge in [0.2, 0.25) is 0 Å². The molecule has 0 radical (unpaired) electrons. The lowest BCUT2D eigenvalue weighted by atomic mass is 9.90. The molecule has 2 rings (SSSR count). The van der Waals surface area contributed by atoms with E-state index in [1.54, 1.807) is 21.1 Å². The summed E-state index contributed by atoms with van der Waals surface area (Å²) in [6, 6.07) is 11.5. The summed E-state index contributed by atoms with van der Waals surface area (Å²) in [5.41, 5.74) is 1.29. The first-order valence-electron chi connectivity index (χ1n) is 14.9. The highest BCUT2D eigenvalue weighted by molar-refractivity contribution is 5.86. The summed E-state index contributed by atoms with van der Waals surface area (Å²) >= 11 is 0. The van der Waals surface area contributed by atoms with Crippen LogP contribution in [-0.4, -0.2) is 61.4 Å². The van der Waals surface area contributed by atoms with Crippen molar-refractivity contribution in [3.05, 3.63) is 59.7 Å². The number of hydrogen-bond acceptors (Lipinski definition) is 8. The van der Waals surface area contributed by atoms with Crippen molar-refractivity contribution in [3.63, 3.8) is 0 Å². The molecule has 0 spiro atoms. The molecule has 2 unspecified atom stereocenters. The molecule has 0 fully saturated rings. The molecule has 0 bridgehead atoms. The fourth-order valence-corrected chi connectivity index (χ4v) is 4.93. The molecule has 2 N–H and O–H groups in total.